The lowest BCUT2D eigenvalue weighted by Crippen LogP contribution is -2.45. The summed E-state index contributed by atoms with van der Waals surface area (Å²) in [5.74, 6) is -0.440. The second-order valence-corrected chi connectivity index (χ2v) is 6.56. The van der Waals surface area contributed by atoms with Crippen molar-refractivity contribution in [3.63, 3.8) is 0 Å². The van der Waals surface area contributed by atoms with E-state index in [4.69, 9.17) is 4.74 Å². The summed E-state index contributed by atoms with van der Waals surface area (Å²) < 4.78 is 5.10. The molecular weight excluding hydrogens is 320 g/mol. The van der Waals surface area contributed by atoms with Gasteiger partial charge in [0.2, 0.25) is 0 Å². The second-order valence-electron chi connectivity index (χ2n) is 6.56. The van der Waals surface area contributed by atoms with Crippen LogP contribution in [-0.2, 0) is 9.53 Å². The summed E-state index contributed by atoms with van der Waals surface area (Å²) in [6.07, 6.45) is 2.61. The fraction of sp³-hybridized carbons (Fsp3) is 0.333. The van der Waals surface area contributed by atoms with Crippen molar-refractivity contribution in [1.82, 2.24) is 15.7 Å². The van der Waals surface area contributed by atoms with Gasteiger partial charge in [-0.05, 0) is 51.5 Å². The molecule has 2 N–H and O–H groups in total. The summed E-state index contributed by atoms with van der Waals surface area (Å²) in [5, 5.41) is 7.35. The molecule has 0 aliphatic carbocycles. The van der Waals surface area contributed by atoms with Crippen molar-refractivity contribution in [3.8, 4) is 0 Å². The smallest absolute Gasteiger partial charge is 0.408 e. The molecule has 132 valence electrons. The lowest BCUT2D eigenvalue weighted by Gasteiger charge is -2.21. The molecule has 1 atom stereocenters. The van der Waals surface area contributed by atoms with Gasteiger partial charge < -0.3 is 10.1 Å². The molecular formula is C18H22N4O3. The van der Waals surface area contributed by atoms with E-state index in [1.165, 1.54) is 6.21 Å². The highest BCUT2D eigenvalue weighted by molar-refractivity contribution is 5.90. The highest BCUT2D eigenvalue weighted by atomic mass is 16.6. The van der Waals surface area contributed by atoms with E-state index in [-0.39, 0.29) is 0 Å². The van der Waals surface area contributed by atoms with Crippen LogP contribution in [0.25, 0.3) is 10.9 Å². The summed E-state index contributed by atoms with van der Waals surface area (Å²) in [7, 11) is 0. The van der Waals surface area contributed by atoms with E-state index >= 15 is 0 Å². The molecule has 7 heteroatoms. The zero-order valence-electron chi connectivity index (χ0n) is 14.7. The van der Waals surface area contributed by atoms with E-state index in [0.717, 1.165) is 16.5 Å². The average molecular weight is 342 g/mol. The maximum atomic E-state index is 11.9. The van der Waals surface area contributed by atoms with Crippen LogP contribution >= 0.6 is 0 Å². The SMILES string of the molecule is CC(NC(=O)OC(C)(C)C)C(=O)NN=Cc1ccc2ncccc2c1. The quantitative estimate of drug-likeness (QED) is 0.660. The van der Waals surface area contributed by atoms with Gasteiger partial charge >= 0.3 is 6.09 Å². The first-order chi connectivity index (χ1) is 11.7. The molecule has 2 rings (SSSR count). The Morgan fingerprint density at radius 2 is 2.04 bits per heavy atom. The molecule has 0 aliphatic rings. The minimum Gasteiger partial charge on any atom is -0.444 e. The van der Waals surface area contributed by atoms with Crippen molar-refractivity contribution in [3.05, 3.63) is 42.1 Å². The van der Waals surface area contributed by atoms with Crippen LogP contribution in [0.5, 0.6) is 0 Å². The van der Waals surface area contributed by atoms with E-state index in [9.17, 15) is 9.59 Å². The maximum absolute atomic E-state index is 11.9. The number of alkyl carbamates (subject to hydrolysis) is 1. The molecule has 7 nitrogen and oxygen atoms in total. The Bertz CT molecular complexity index is 796. The Balaban J connectivity index is 1.89. The fourth-order valence-electron chi connectivity index (χ4n) is 1.99. The van der Waals surface area contributed by atoms with Gasteiger partial charge in [0, 0.05) is 11.6 Å². The number of pyridine rings is 1. The van der Waals surface area contributed by atoms with Gasteiger partial charge in [-0.15, -0.1) is 0 Å². The molecule has 0 spiro atoms. The number of carbonyl (C=O) groups excluding carboxylic acids is 2. The van der Waals surface area contributed by atoms with Crippen molar-refractivity contribution in [2.45, 2.75) is 39.3 Å². The topological polar surface area (TPSA) is 92.7 Å². The number of hydrogen-bond donors (Lipinski definition) is 2. The van der Waals surface area contributed by atoms with E-state index in [1.807, 2.05) is 30.3 Å². The normalized spacial score (nSPS) is 12.8. The molecule has 1 aromatic heterocycles. The monoisotopic (exact) mass is 342 g/mol. The first-order valence-electron chi connectivity index (χ1n) is 7.92. The molecule has 1 aromatic carbocycles. The van der Waals surface area contributed by atoms with E-state index in [1.54, 1.807) is 33.9 Å². The van der Waals surface area contributed by atoms with Crippen molar-refractivity contribution < 1.29 is 14.3 Å². The Labute approximate surface area is 146 Å². The number of ether oxygens (including phenoxy) is 1. The van der Waals surface area contributed by atoms with Crippen molar-refractivity contribution in [2.75, 3.05) is 0 Å². The molecule has 0 aliphatic heterocycles. The molecule has 0 saturated carbocycles. The first kappa shape index (κ1) is 18.4. The number of nitrogens with one attached hydrogen (secondary N) is 2. The van der Waals surface area contributed by atoms with Crippen LogP contribution in [0.2, 0.25) is 0 Å². The molecule has 2 aromatic rings. The summed E-state index contributed by atoms with van der Waals surface area (Å²) in [6, 6.07) is 8.69. The number of benzene rings is 1. The molecule has 0 saturated heterocycles. The largest absolute Gasteiger partial charge is 0.444 e. The van der Waals surface area contributed by atoms with Gasteiger partial charge in [0.05, 0.1) is 11.7 Å². The number of rotatable bonds is 4. The zero-order valence-corrected chi connectivity index (χ0v) is 14.7. The molecule has 1 unspecified atom stereocenters. The zero-order chi connectivity index (χ0) is 18.4. The molecule has 1 heterocycles. The number of hydrogen-bond acceptors (Lipinski definition) is 5. The van der Waals surface area contributed by atoms with Crippen LogP contribution in [-0.4, -0.2) is 34.8 Å². The summed E-state index contributed by atoms with van der Waals surface area (Å²) in [5.41, 5.74) is 3.49. The standard InChI is InChI=1S/C18H22N4O3/c1-12(21-17(24)25-18(2,3)4)16(23)22-20-11-13-7-8-15-14(10-13)6-5-9-19-15/h5-12H,1-4H3,(H,21,24)(H,22,23). The van der Waals surface area contributed by atoms with Crippen LogP contribution in [0.15, 0.2) is 41.6 Å². The van der Waals surface area contributed by atoms with Crippen LogP contribution in [0.3, 0.4) is 0 Å². The Hall–Kier alpha value is -2.96. The maximum Gasteiger partial charge on any atom is 0.408 e. The summed E-state index contributed by atoms with van der Waals surface area (Å²) in [6.45, 7) is 6.80. The summed E-state index contributed by atoms with van der Waals surface area (Å²) >= 11 is 0. The number of nitrogens with zero attached hydrogens (tertiary/aromatic N) is 2. The minimum absolute atomic E-state index is 0.440. The van der Waals surface area contributed by atoms with Gasteiger partial charge in [0.25, 0.3) is 5.91 Å². The average Bonchev–Trinajstić information content (AvgIpc) is 2.52. The highest BCUT2D eigenvalue weighted by Gasteiger charge is 2.20. The van der Waals surface area contributed by atoms with Gasteiger partial charge in [0.1, 0.15) is 11.6 Å². The van der Waals surface area contributed by atoms with Crippen molar-refractivity contribution in [1.29, 1.82) is 0 Å². The van der Waals surface area contributed by atoms with Crippen molar-refractivity contribution in [2.24, 2.45) is 5.10 Å². The van der Waals surface area contributed by atoms with Crippen LogP contribution in [0, 0.1) is 0 Å². The van der Waals surface area contributed by atoms with Gasteiger partial charge in [-0.3, -0.25) is 9.78 Å². The molecule has 0 radical (unpaired) electrons. The van der Waals surface area contributed by atoms with E-state index in [2.05, 4.69) is 20.8 Å². The third-order valence-electron chi connectivity index (χ3n) is 3.14. The van der Waals surface area contributed by atoms with Crippen LogP contribution < -0.4 is 10.7 Å². The highest BCUT2D eigenvalue weighted by Crippen LogP contribution is 2.11. The summed E-state index contributed by atoms with van der Waals surface area (Å²) in [4.78, 5) is 27.8. The van der Waals surface area contributed by atoms with E-state index in [0.29, 0.717) is 0 Å². The minimum atomic E-state index is -0.771. The molecule has 0 bridgehead atoms. The number of carbonyl (C=O) groups is 2. The van der Waals surface area contributed by atoms with Crippen LogP contribution in [0.4, 0.5) is 4.79 Å². The molecule has 2 amide bonds. The lowest BCUT2D eigenvalue weighted by atomic mass is 10.1. The van der Waals surface area contributed by atoms with Gasteiger partial charge in [0.15, 0.2) is 0 Å². The Morgan fingerprint density at radius 1 is 1.28 bits per heavy atom. The number of hydrazone groups is 1. The fourth-order valence-corrected chi connectivity index (χ4v) is 1.99. The third-order valence-corrected chi connectivity index (χ3v) is 3.14. The number of aromatic nitrogens is 1. The Kier molecular flexibility index (Phi) is 5.69. The third kappa shape index (κ3) is 5.87. The van der Waals surface area contributed by atoms with Crippen LogP contribution in [0.1, 0.15) is 33.3 Å². The second kappa shape index (κ2) is 7.74. The van der Waals surface area contributed by atoms with Crippen molar-refractivity contribution >= 4 is 29.1 Å². The lowest BCUT2D eigenvalue weighted by molar-refractivity contribution is -0.122. The van der Waals surface area contributed by atoms with Gasteiger partial charge in [-0.1, -0.05) is 12.1 Å². The Morgan fingerprint density at radius 3 is 2.76 bits per heavy atom. The van der Waals surface area contributed by atoms with Gasteiger partial charge in [-0.25, -0.2) is 10.2 Å². The molecule has 25 heavy (non-hydrogen) atoms. The molecule has 0 fully saturated rings. The predicted octanol–water partition coefficient (Wildman–Crippen LogP) is 2.60. The number of amides is 2. The predicted molar refractivity (Wildman–Crippen MR) is 96.3 cm³/mol. The first-order valence-corrected chi connectivity index (χ1v) is 7.92. The van der Waals surface area contributed by atoms with Gasteiger partial charge in [-0.2, -0.15) is 5.10 Å². The van der Waals surface area contributed by atoms with E-state index < -0.39 is 23.6 Å². The number of fused-ring (bicyclic) bond motifs is 1.